The van der Waals surface area contributed by atoms with E-state index in [1.807, 2.05) is 10.6 Å². The highest BCUT2D eigenvalue weighted by atomic mass is 31.2. The standard InChI is InChI=1S/C8H16N2O12P4/c11-23(12,13)7(24(14,15)16)9-5-2-1-3-6(4-5)10-8(25(17,18)19)26(20,21)22/h1-4,7-10H,(H2,11,12,13)(H2,14,15,16)(H2,17,18,19)(H2,20,21,22). The molecule has 18 heteroatoms. The summed E-state index contributed by atoms with van der Waals surface area (Å²) in [5.41, 5.74) is -5.79. The SMILES string of the molecule is O=P(O)(O)C(Nc1cccc(NC(P(=O)(O)O)P(=O)(O)O)c1)P(=O)(O)O. The first kappa shape index (κ1) is 23.5. The maximum absolute atomic E-state index is 11.2. The molecule has 0 bridgehead atoms. The topological polar surface area (TPSA) is 254 Å². The third-order valence-electron chi connectivity index (χ3n) is 2.73. The van der Waals surface area contributed by atoms with E-state index in [0.717, 1.165) is 24.3 Å². The van der Waals surface area contributed by atoms with Crippen molar-refractivity contribution in [2.45, 2.75) is 11.0 Å². The van der Waals surface area contributed by atoms with Gasteiger partial charge >= 0.3 is 30.4 Å². The molecule has 1 aromatic carbocycles. The van der Waals surface area contributed by atoms with Crippen molar-refractivity contribution in [1.29, 1.82) is 0 Å². The van der Waals surface area contributed by atoms with E-state index in [1.165, 1.54) is 0 Å². The predicted molar refractivity (Wildman–Crippen MR) is 89.4 cm³/mol. The van der Waals surface area contributed by atoms with Crippen molar-refractivity contribution in [3.8, 4) is 0 Å². The predicted octanol–water partition coefficient (Wildman–Crippen LogP) is -0.212. The van der Waals surface area contributed by atoms with Crippen LogP contribution in [-0.2, 0) is 18.3 Å². The van der Waals surface area contributed by atoms with Crippen LogP contribution >= 0.6 is 30.4 Å². The van der Waals surface area contributed by atoms with Crippen LogP contribution in [-0.4, -0.2) is 50.2 Å². The first-order chi connectivity index (χ1) is 11.4. The lowest BCUT2D eigenvalue weighted by Gasteiger charge is -2.24. The van der Waals surface area contributed by atoms with E-state index < -0.39 is 41.4 Å². The maximum Gasteiger partial charge on any atom is 0.360 e. The molecule has 1 rings (SSSR count). The van der Waals surface area contributed by atoms with E-state index in [2.05, 4.69) is 0 Å². The molecule has 0 aliphatic heterocycles. The first-order valence-electron chi connectivity index (χ1n) is 6.26. The van der Waals surface area contributed by atoms with Crippen LogP contribution in [0.2, 0.25) is 0 Å². The van der Waals surface area contributed by atoms with Crippen molar-refractivity contribution in [2.75, 3.05) is 10.6 Å². The Kier molecular flexibility index (Phi) is 7.04. The fourth-order valence-electron chi connectivity index (χ4n) is 1.73. The summed E-state index contributed by atoms with van der Waals surface area (Å²) in [5.74, 6) is 0. The lowest BCUT2D eigenvalue weighted by Crippen LogP contribution is -2.21. The number of nitrogens with one attached hydrogen (secondary N) is 2. The maximum atomic E-state index is 11.2. The van der Waals surface area contributed by atoms with Gasteiger partial charge in [0.1, 0.15) is 0 Å². The quantitative estimate of drug-likeness (QED) is 0.227. The summed E-state index contributed by atoms with van der Waals surface area (Å²) < 4.78 is 44.9. The fourth-order valence-corrected chi connectivity index (χ4v) is 6.13. The lowest BCUT2D eigenvalue weighted by atomic mass is 10.3. The van der Waals surface area contributed by atoms with E-state index in [-0.39, 0.29) is 11.4 Å². The molecule has 0 saturated carbocycles. The molecule has 0 unspecified atom stereocenters. The molecule has 0 spiro atoms. The molecule has 26 heavy (non-hydrogen) atoms. The minimum Gasteiger partial charge on any atom is -0.362 e. The number of rotatable bonds is 8. The number of hydrogen-bond donors (Lipinski definition) is 10. The van der Waals surface area contributed by atoms with Gasteiger partial charge in [-0.05, 0) is 18.2 Å². The van der Waals surface area contributed by atoms with Gasteiger partial charge in [-0.25, -0.2) is 0 Å². The molecule has 0 aliphatic carbocycles. The highest BCUT2D eigenvalue weighted by Crippen LogP contribution is 2.60. The van der Waals surface area contributed by atoms with Crippen LogP contribution in [0.4, 0.5) is 11.4 Å². The molecule has 0 atom stereocenters. The average Bonchev–Trinajstić information content (AvgIpc) is 2.37. The lowest BCUT2D eigenvalue weighted by molar-refractivity contribution is 0.339. The zero-order chi connectivity index (χ0) is 20.6. The van der Waals surface area contributed by atoms with Crippen molar-refractivity contribution in [1.82, 2.24) is 0 Å². The summed E-state index contributed by atoms with van der Waals surface area (Å²) in [6, 6.07) is 4.23. The zero-order valence-electron chi connectivity index (χ0n) is 12.5. The molecule has 0 aromatic heterocycles. The molecule has 0 radical (unpaired) electrons. The minimum atomic E-state index is -5.30. The number of anilines is 2. The van der Waals surface area contributed by atoms with E-state index in [0.29, 0.717) is 0 Å². The minimum absolute atomic E-state index is 0.304. The van der Waals surface area contributed by atoms with Gasteiger partial charge in [-0.3, -0.25) is 18.3 Å². The summed E-state index contributed by atoms with van der Waals surface area (Å²) in [7, 11) is -21.2. The first-order valence-corrected chi connectivity index (χ1v) is 13.0. The monoisotopic (exact) mass is 456 g/mol. The Morgan fingerprint density at radius 1 is 0.615 bits per heavy atom. The highest BCUT2D eigenvalue weighted by molar-refractivity contribution is 7.71. The van der Waals surface area contributed by atoms with E-state index in [4.69, 9.17) is 39.1 Å². The summed E-state index contributed by atoms with van der Waals surface area (Å²) >= 11 is 0. The molecule has 0 saturated heterocycles. The average molecular weight is 456 g/mol. The van der Waals surface area contributed by atoms with Gasteiger partial charge < -0.3 is 49.8 Å². The van der Waals surface area contributed by atoms with Gasteiger partial charge in [-0.2, -0.15) is 0 Å². The smallest absolute Gasteiger partial charge is 0.360 e. The molecule has 14 nitrogen and oxygen atoms in total. The van der Waals surface area contributed by atoms with Gasteiger partial charge in [-0.1, -0.05) is 6.07 Å². The van der Waals surface area contributed by atoms with Gasteiger partial charge in [0.15, 0.2) is 0 Å². The second-order valence-corrected chi connectivity index (χ2v) is 12.6. The Balaban J connectivity index is 3.19. The summed E-state index contributed by atoms with van der Waals surface area (Å²) in [6.07, 6.45) is 0. The van der Waals surface area contributed by atoms with Gasteiger partial charge in [-0.15, -0.1) is 0 Å². The van der Waals surface area contributed by atoms with Crippen LogP contribution in [0.1, 0.15) is 0 Å². The van der Waals surface area contributed by atoms with Crippen LogP contribution in [0.5, 0.6) is 0 Å². The number of hydrogen-bond acceptors (Lipinski definition) is 6. The van der Waals surface area contributed by atoms with Crippen molar-refractivity contribution in [3.05, 3.63) is 24.3 Å². The number of benzene rings is 1. The Hall–Kier alpha value is -0.580. The molecule has 150 valence electrons. The third kappa shape index (κ3) is 6.86. The van der Waals surface area contributed by atoms with E-state index in [9.17, 15) is 18.3 Å². The largest absolute Gasteiger partial charge is 0.362 e. The second-order valence-electron chi connectivity index (χ2n) is 4.97. The van der Waals surface area contributed by atoms with Gasteiger partial charge in [0.05, 0.1) is 0 Å². The summed E-state index contributed by atoms with van der Waals surface area (Å²) in [6.45, 7) is 0. The molecule has 0 amide bonds. The molecular formula is C8H16N2O12P4. The van der Waals surface area contributed by atoms with E-state index >= 15 is 0 Å². The Bertz CT molecular complexity index is 726. The Labute approximate surface area is 145 Å². The van der Waals surface area contributed by atoms with Crippen LogP contribution < -0.4 is 10.6 Å². The van der Waals surface area contributed by atoms with Crippen molar-refractivity contribution in [2.24, 2.45) is 0 Å². The third-order valence-corrected chi connectivity index (χ3v) is 9.40. The highest BCUT2D eigenvalue weighted by Gasteiger charge is 2.44. The normalized spacial score (nSPS) is 13.9. The molecule has 10 N–H and O–H groups in total. The van der Waals surface area contributed by atoms with Gasteiger partial charge in [0.2, 0.25) is 11.0 Å². The summed E-state index contributed by atoms with van der Waals surface area (Å²) in [4.78, 5) is 72.3. The van der Waals surface area contributed by atoms with Crippen LogP contribution in [0.3, 0.4) is 0 Å². The van der Waals surface area contributed by atoms with Crippen molar-refractivity contribution >= 4 is 41.8 Å². The second kappa shape index (κ2) is 7.81. The molecular weight excluding hydrogens is 440 g/mol. The molecule has 0 fully saturated rings. The van der Waals surface area contributed by atoms with Crippen LogP contribution in [0.15, 0.2) is 24.3 Å². The molecule has 1 aromatic rings. The van der Waals surface area contributed by atoms with Crippen LogP contribution in [0, 0.1) is 0 Å². The zero-order valence-corrected chi connectivity index (χ0v) is 16.0. The molecule has 0 heterocycles. The van der Waals surface area contributed by atoms with Crippen molar-refractivity contribution in [3.63, 3.8) is 0 Å². The van der Waals surface area contributed by atoms with Gasteiger partial charge in [0, 0.05) is 11.4 Å². The summed E-state index contributed by atoms with van der Waals surface area (Å²) in [5, 5.41) is 3.79. The fraction of sp³-hybridized carbons (Fsp3) is 0.250. The van der Waals surface area contributed by atoms with Gasteiger partial charge in [0.25, 0.3) is 0 Å². The molecule has 0 aliphatic rings. The van der Waals surface area contributed by atoms with Crippen LogP contribution in [0.25, 0.3) is 0 Å². The Morgan fingerprint density at radius 2 is 0.885 bits per heavy atom. The van der Waals surface area contributed by atoms with Crippen molar-refractivity contribution < 1.29 is 57.4 Å². The Morgan fingerprint density at radius 3 is 1.12 bits per heavy atom. The van der Waals surface area contributed by atoms with E-state index in [1.54, 1.807) is 0 Å².